The van der Waals surface area contributed by atoms with Crippen LogP contribution in [0.25, 0.3) is 0 Å². The van der Waals surface area contributed by atoms with Crippen molar-refractivity contribution >= 4 is 9.87 Å². The van der Waals surface area contributed by atoms with Crippen molar-refractivity contribution in [3.8, 4) is 0 Å². The van der Waals surface area contributed by atoms with Gasteiger partial charge in [0.1, 0.15) is 0 Å². The molecule has 0 bridgehead atoms. The summed E-state index contributed by atoms with van der Waals surface area (Å²) in [6.07, 6.45) is 3.22. The Hall–Kier alpha value is -0.232. The third kappa shape index (κ3) is 9.77. The van der Waals surface area contributed by atoms with E-state index in [1.807, 2.05) is 0 Å². The SMILES string of the molecule is CCC.[CH-]=CC[C](=[W])C(=O)OC. The minimum absolute atomic E-state index is 0.258. The molecule has 0 aliphatic carbocycles. The summed E-state index contributed by atoms with van der Waals surface area (Å²) in [5.74, 6) is -0.258. The third-order valence-corrected chi connectivity index (χ3v) is 1.91. The maximum atomic E-state index is 10.6. The van der Waals surface area contributed by atoms with Crippen LogP contribution in [-0.2, 0) is 28.9 Å². The Morgan fingerprint density at radius 3 is 2.25 bits per heavy atom. The van der Waals surface area contributed by atoms with E-state index in [2.05, 4.69) is 18.6 Å². The molecule has 0 saturated carbocycles. The topological polar surface area (TPSA) is 26.3 Å². The van der Waals surface area contributed by atoms with Crippen LogP contribution in [0.3, 0.4) is 0 Å². The van der Waals surface area contributed by atoms with Gasteiger partial charge in [-0.3, -0.25) is 0 Å². The molecule has 0 aliphatic rings. The van der Waals surface area contributed by atoms with Crippen LogP contribution in [0.4, 0.5) is 0 Å². The summed E-state index contributed by atoms with van der Waals surface area (Å²) < 4.78 is 5.14. The summed E-state index contributed by atoms with van der Waals surface area (Å²) in [7, 11) is 1.36. The van der Waals surface area contributed by atoms with Crippen molar-refractivity contribution in [2.45, 2.75) is 26.7 Å². The molecule has 0 N–H and O–H groups in total. The molecule has 0 rings (SSSR count). The molecular formula is C9H15O2W-. The number of carbonyl (C=O) groups excluding carboxylic acids is 1. The zero-order valence-electron chi connectivity index (χ0n) is 7.79. The molecule has 0 atom stereocenters. The van der Waals surface area contributed by atoms with E-state index in [4.69, 9.17) is 6.58 Å². The van der Waals surface area contributed by atoms with E-state index in [0.717, 1.165) is 19.4 Å². The molecule has 0 radical (unpaired) electrons. The molecule has 3 heteroatoms. The van der Waals surface area contributed by atoms with Gasteiger partial charge in [0.2, 0.25) is 0 Å². The summed E-state index contributed by atoms with van der Waals surface area (Å²) in [5, 5.41) is 0. The second-order valence-corrected chi connectivity index (χ2v) is 3.83. The number of allylic oxidation sites excluding steroid dienone is 1. The summed E-state index contributed by atoms with van der Waals surface area (Å²) in [6, 6.07) is 0. The number of hydrogen-bond acceptors (Lipinski definition) is 2. The van der Waals surface area contributed by atoms with E-state index in [0.29, 0.717) is 10.3 Å². The van der Waals surface area contributed by atoms with Crippen LogP contribution in [0, 0.1) is 6.58 Å². The molecule has 0 amide bonds. The quantitative estimate of drug-likeness (QED) is 0.578. The Balaban J connectivity index is 0. The number of methoxy groups -OCH3 is 1. The second kappa shape index (κ2) is 10.8. The van der Waals surface area contributed by atoms with Crippen LogP contribution in [0.5, 0.6) is 0 Å². The molecule has 0 aromatic carbocycles. The van der Waals surface area contributed by atoms with Gasteiger partial charge in [0.15, 0.2) is 0 Å². The zero-order chi connectivity index (χ0) is 9.98. The van der Waals surface area contributed by atoms with Crippen molar-refractivity contribution in [2.75, 3.05) is 7.11 Å². The fourth-order valence-electron chi connectivity index (χ4n) is 0.304. The summed E-state index contributed by atoms with van der Waals surface area (Å²) >= 11 is 1.11. The fourth-order valence-corrected chi connectivity index (χ4v) is 0.949. The predicted octanol–water partition coefficient (Wildman–Crippen LogP) is 1.67. The molecular weight excluding hydrogens is 324 g/mol. The first-order valence-electron chi connectivity index (χ1n) is 3.78. The van der Waals surface area contributed by atoms with Crippen molar-refractivity contribution in [3.63, 3.8) is 0 Å². The average molecular weight is 339 g/mol. The van der Waals surface area contributed by atoms with Crippen LogP contribution in [0.15, 0.2) is 6.08 Å². The van der Waals surface area contributed by atoms with Crippen molar-refractivity contribution in [1.29, 1.82) is 0 Å². The Kier molecular flexibility index (Phi) is 12.8. The number of esters is 1. The van der Waals surface area contributed by atoms with Crippen LogP contribution in [-0.4, -0.2) is 17.0 Å². The monoisotopic (exact) mass is 339 g/mol. The number of rotatable bonds is 3. The van der Waals surface area contributed by atoms with Crippen molar-refractivity contribution < 1.29 is 28.9 Å². The van der Waals surface area contributed by atoms with E-state index >= 15 is 0 Å². The van der Waals surface area contributed by atoms with E-state index in [1.165, 1.54) is 19.6 Å². The first kappa shape index (κ1) is 14.3. The van der Waals surface area contributed by atoms with Gasteiger partial charge < -0.3 is 0 Å². The molecule has 0 aromatic heterocycles. The maximum absolute atomic E-state index is 10.6. The normalized spacial score (nSPS) is 7.58. The predicted molar refractivity (Wildman–Crippen MR) is 46.5 cm³/mol. The average Bonchev–Trinajstić information content (AvgIpc) is 2.05. The molecule has 12 heavy (non-hydrogen) atoms. The molecule has 0 spiro atoms. The zero-order valence-corrected chi connectivity index (χ0v) is 10.7. The molecule has 0 fully saturated rings. The Labute approximate surface area is 85.4 Å². The molecule has 2 nitrogen and oxygen atoms in total. The summed E-state index contributed by atoms with van der Waals surface area (Å²) in [6.45, 7) is 9.33. The number of ether oxygens (including phenoxy) is 1. The van der Waals surface area contributed by atoms with Crippen molar-refractivity contribution in [1.82, 2.24) is 0 Å². The van der Waals surface area contributed by atoms with Crippen LogP contribution < -0.4 is 0 Å². The first-order chi connectivity index (χ1) is 5.63. The molecule has 0 unspecified atom stereocenters. The van der Waals surface area contributed by atoms with Gasteiger partial charge in [-0.15, -0.1) is 0 Å². The van der Waals surface area contributed by atoms with Gasteiger partial charge in [-0.1, -0.05) is 20.3 Å². The third-order valence-electron chi connectivity index (χ3n) is 0.716. The molecule has 0 heterocycles. The van der Waals surface area contributed by atoms with Crippen molar-refractivity contribution in [3.05, 3.63) is 12.7 Å². The second-order valence-electron chi connectivity index (χ2n) is 2.06. The van der Waals surface area contributed by atoms with Gasteiger partial charge in [0, 0.05) is 0 Å². The summed E-state index contributed by atoms with van der Waals surface area (Å²) in [5.41, 5.74) is 0. The van der Waals surface area contributed by atoms with Crippen LogP contribution in [0.1, 0.15) is 26.7 Å². The van der Waals surface area contributed by atoms with Gasteiger partial charge in [-0.25, -0.2) is 0 Å². The van der Waals surface area contributed by atoms with Gasteiger partial charge >= 0.3 is 64.9 Å². The van der Waals surface area contributed by atoms with Crippen molar-refractivity contribution in [2.24, 2.45) is 0 Å². The Morgan fingerprint density at radius 1 is 1.58 bits per heavy atom. The van der Waals surface area contributed by atoms with Gasteiger partial charge in [0.25, 0.3) is 0 Å². The van der Waals surface area contributed by atoms with Gasteiger partial charge in [-0.05, 0) is 0 Å². The Bertz CT molecular complexity index is 153. The minimum atomic E-state index is -0.258. The van der Waals surface area contributed by atoms with E-state index in [9.17, 15) is 4.79 Å². The standard InChI is InChI=1S/C6H7O2.C3H8.W/c1-3-4-5-6(7)8-2;1-3-2;/h1,3H,4H2,2H3;3H2,1-2H3;/q-1;;. The van der Waals surface area contributed by atoms with Crippen LogP contribution in [0.2, 0.25) is 0 Å². The molecule has 70 valence electrons. The molecule has 0 aliphatic heterocycles. The summed E-state index contributed by atoms with van der Waals surface area (Å²) in [4.78, 5) is 10.6. The van der Waals surface area contributed by atoms with Gasteiger partial charge in [-0.2, -0.15) is 0 Å². The first-order valence-corrected chi connectivity index (χ1v) is 5.25. The number of hydrogen-bond donors (Lipinski definition) is 0. The number of carbonyl (C=O) groups is 1. The van der Waals surface area contributed by atoms with Crippen LogP contribution >= 0.6 is 0 Å². The van der Waals surface area contributed by atoms with E-state index in [1.54, 1.807) is 0 Å². The van der Waals surface area contributed by atoms with Gasteiger partial charge in [0.05, 0.1) is 0 Å². The van der Waals surface area contributed by atoms with E-state index in [-0.39, 0.29) is 5.97 Å². The molecule has 0 saturated heterocycles. The van der Waals surface area contributed by atoms with E-state index < -0.39 is 0 Å². The fraction of sp³-hybridized carbons (Fsp3) is 0.556. The Morgan fingerprint density at radius 2 is 2.00 bits per heavy atom. The molecule has 0 aromatic rings.